The van der Waals surface area contributed by atoms with Crippen molar-refractivity contribution in [1.29, 1.82) is 0 Å². The van der Waals surface area contributed by atoms with E-state index in [0.29, 0.717) is 12.8 Å². The second-order valence-electron chi connectivity index (χ2n) is 3.37. The summed E-state index contributed by atoms with van der Waals surface area (Å²) in [6.07, 6.45) is 7.58. The van der Waals surface area contributed by atoms with Crippen LogP contribution in [0.3, 0.4) is 0 Å². The van der Waals surface area contributed by atoms with Crippen LogP contribution in [0.25, 0.3) is 0 Å². The van der Waals surface area contributed by atoms with Gasteiger partial charge in [-0.05, 0) is 25.8 Å². The second-order valence-corrected chi connectivity index (χ2v) is 3.37. The Kier molecular flexibility index (Phi) is 4.10. The van der Waals surface area contributed by atoms with Crippen LogP contribution in [-0.4, -0.2) is 19.3 Å². The third kappa shape index (κ3) is 2.83. The first-order valence-corrected chi connectivity index (χ1v) is 4.63. The van der Waals surface area contributed by atoms with Crippen molar-refractivity contribution in [3.63, 3.8) is 0 Å². The first-order valence-electron chi connectivity index (χ1n) is 4.63. The molecule has 0 amide bonds. The van der Waals surface area contributed by atoms with Crippen LogP contribution in [0.15, 0.2) is 0 Å². The average molecular weight is 169 g/mol. The first kappa shape index (κ1) is 9.54. The predicted molar refractivity (Wildman–Crippen MR) is 48.6 cm³/mol. The van der Waals surface area contributed by atoms with Gasteiger partial charge in [0.2, 0.25) is 0 Å². The van der Waals surface area contributed by atoms with E-state index in [9.17, 15) is 4.39 Å². The van der Waals surface area contributed by atoms with Crippen LogP contribution in [0.4, 0.5) is 4.39 Å². The van der Waals surface area contributed by atoms with Gasteiger partial charge in [-0.1, -0.05) is 0 Å². The molecule has 2 unspecified atom stereocenters. The molecule has 1 aliphatic rings. The summed E-state index contributed by atoms with van der Waals surface area (Å²) in [4.78, 5) is 0. The van der Waals surface area contributed by atoms with Gasteiger partial charge in [-0.15, -0.1) is 12.3 Å². The molecule has 1 fully saturated rings. The van der Waals surface area contributed by atoms with Crippen molar-refractivity contribution >= 4 is 0 Å². The fourth-order valence-electron chi connectivity index (χ4n) is 1.64. The topological polar surface area (TPSA) is 12.0 Å². The van der Waals surface area contributed by atoms with Gasteiger partial charge in [0, 0.05) is 18.9 Å². The van der Waals surface area contributed by atoms with Gasteiger partial charge >= 0.3 is 0 Å². The molecule has 0 saturated carbocycles. The lowest BCUT2D eigenvalue weighted by Crippen LogP contribution is -2.34. The highest BCUT2D eigenvalue weighted by molar-refractivity contribution is 4.86. The van der Waals surface area contributed by atoms with E-state index in [1.807, 2.05) is 0 Å². The van der Waals surface area contributed by atoms with E-state index in [1.54, 1.807) is 0 Å². The fraction of sp³-hybridized carbons (Fsp3) is 0.800. The lowest BCUT2D eigenvalue weighted by molar-refractivity contribution is 0.183. The van der Waals surface area contributed by atoms with E-state index in [4.69, 9.17) is 6.42 Å². The maximum atomic E-state index is 13.3. The Labute approximate surface area is 73.7 Å². The highest BCUT2D eigenvalue weighted by atomic mass is 19.1. The van der Waals surface area contributed by atoms with Gasteiger partial charge in [0.15, 0.2) is 0 Å². The number of rotatable bonds is 3. The molecule has 0 aromatic rings. The third-order valence-corrected chi connectivity index (χ3v) is 2.41. The molecule has 1 nitrogen and oxygen atoms in total. The maximum absolute atomic E-state index is 13.3. The van der Waals surface area contributed by atoms with Gasteiger partial charge in [-0.25, -0.2) is 4.39 Å². The van der Waals surface area contributed by atoms with Crippen LogP contribution in [0.1, 0.15) is 25.7 Å². The monoisotopic (exact) mass is 169 g/mol. The van der Waals surface area contributed by atoms with Crippen molar-refractivity contribution in [3.05, 3.63) is 0 Å². The fourth-order valence-corrected chi connectivity index (χ4v) is 1.64. The van der Waals surface area contributed by atoms with Gasteiger partial charge in [-0.2, -0.15) is 0 Å². The summed E-state index contributed by atoms with van der Waals surface area (Å²) < 4.78 is 13.3. The van der Waals surface area contributed by atoms with Crippen molar-refractivity contribution in [2.75, 3.05) is 13.1 Å². The van der Waals surface area contributed by atoms with E-state index < -0.39 is 6.17 Å². The molecule has 2 heteroatoms. The third-order valence-electron chi connectivity index (χ3n) is 2.41. The van der Waals surface area contributed by atoms with Crippen LogP contribution >= 0.6 is 0 Å². The molecule has 12 heavy (non-hydrogen) atoms. The number of terminal acetylenes is 1. The molecule has 0 bridgehead atoms. The van der Waals surface area contributed by atoms with Gasteiger partial charge in [0.05, 0.1) is 0 Å². The summed E-state index contributed by atoms with van der Waals surface area (Å²) in [6, 6.07) is 0. The Morgan fingerprint density at radius 1 is 1.67 bits per heavy atom. The quantitative estimate of drug-likeness (QED) is 0.634. The molecule has 1 heterocycles. The minimum atomic E-state index is -0.700. The molecule has 0 aromatic carbocycles. The van der Waals surface area contributed by atoms with E-state index in [2.05, 4.69) is 11.2 Å². The molecule has 0 aromatic heterocycles. The molecule has 1 N–H and O–H groups in total. The maximum Gasteiger partial charge on any atom is 0.105 e. The van der Waals surface area contributed by atoms with Crippen LogP contribution in [0.2, 0.25) is 0 Å². The van der Waals surface area contributed by atoms with Crippen molar-refractivity contribution in [2.24, 2.45) is 5.92 Å². The standard InChI is InChI=1S/C10H16FN/c1-2-3-6-10(11)9-5-4-7-12-8-9/h1,9-10,12H,3-8H2. The van der Waals surface area contributed by atoms with Crippen LogP contribution in [0, 0.1) is 18.3 Å². The molecule has 0 aliphatic carbocycles. The summed E-state index contributed by atoms with van der Waals surface area (Å²) >= 11 is 0. The Morgan fingerprint density at radius 2 is 2.50 bits per heavy atom. The van der Waals surface area contributed by atoms with E-state index in [1.165, 1.54) is 0 Å². The number of alkyl halides is 1. The van der Waals surface area contributed by atoms with Crippen molar-refractivity contribution < 1.29 is 4.39 Å². The van der Waals surface area contributed by atoms with Crippen LogP contribution in [0.5, 0.6) is 0 Å². The van der Waals surface area contributed by atoms with E-state index in [-0.39, 0.29) is 5.92 Å². The zero-order chi connectivity index (χ0) is 8.81. The summed E-state index contributed by atoms with van der Waals surface area (Å²) in [7, 11) is 0. The normalized spacial score (nSPS) is 26.2. The molecule has 1 rings (SSSR count). The van der Waals surface area contributed by atoms with E-state index in [0.717, 1.165) is 25.9 Å². The Hall–Kier alpha value is -0.550. The Morgan fingerprint density at radius 3 is 3.08 bits per heavy atom. The van der Waals surface area contributed by atoms with Crippen molar-refractivity contribution in [3.8, 4) is 12.3 Å². The molecule has 1 aliphatic heterocycles. The lowest BCUT2D eigenvalue weighted by Gasteiger charge is -2.25. The molecule has 68 valence electrons. The molecule has 0 radical (unpaired) electrons. The minimum absolute atomic E-state index is 0.201. The highest BCUT2D eigenvalue weighted by Gasteiger charge is 2.21. The smallest absolute Gasteiger partial charge is 0.105 e. The molecule has 1 saturated heterocycles. The van der Waals surface area contributed by atoms with E-state index >= 15 is 0 Å². The number of piperidine rings is 1. The van der Waals surface area contributed by atoms with Crippen LogP contribution < -0.4 is 5.32 Å². The van der Waals surface area contributed by atoms with Gasteiger partial charge in [0.1, 0.15) is 6.17 Å². The minimum Gasteiger partial charge on any atom is -0.316 e. The lowest BCUT2D eigenvalue weighted by atomic mass is 9.92. The average Bonchev–Trinajstić information content (AvgIpc) is 2.15. The zero-order valence-electron chi connectivity index (χ0n) is 7.35. The number of nitrogens with one attached hydrogen (secondary N) is 1. The van der Waals surface area contributed by atoms with Gasteiger partial charge in [-0.3, -0.25) is 0 Å². The number of hydrogen-bond acceptors (Lipinski definition) is 1. The second kappa shape index (κ2) is 5.16. The number of halogens is 1. The van der Waals surface area contributed by atoms with Crippen LogP contribution in [-0.2, 0) is 0 Å². The highest BCUT2D eigenvalue weighted by Crippen LogP contribution is 2.20. The summed E-state index contributed by atoms with van der Waals surface area (Å²) in [5.41, 5.74) is 0. The molecule has 0 spiro atoms. The van der Waals surface area contributed by atoms with Crippen molar-refractivity contribution in [2.45, 2.75) is 31.9 Å². The summed E-state index contributed by atoms with van der Waals surface area (Å²) in [5, 5.41) is 3.20. The zero-order valence-corrected chi connectivity index (χ0v) is 7.35. The van der Waals surface area contributed by atoms with Crippen molar-refractivity contribution in [1.82, 2.24) is 5.32 Å². The number of hydrogen-bond donors (Lipinski definition) is 1. The predicted octanol–water partition coefficient (Wildman–Crippen LogP) is 1.74. The first-order chi connectivity index (χ1) is 5.84. The SMILES string of the molecule is C#CCCC(F)C1CCCNC1. The van der Waals surface area contributed by atoms with Gasteiger partial charge < -0.3 is 5.32 Å². The largest absolute Gasteiger partial charge is 0.316 e. The summed E-state index contributed by atoms with van der Waals surface area (Å²) in [6.45, 7) is 1.87. The Bertz CT molecular complexity index is 156. The Balaban J connectivity index is 2.21. The summed E-state index contributed by atoms with van der Waals surface area (Å²) in [5.74, 6) is 2.68. The molecular weight excluding hydrogens is 153 g/mol. The van der Waals surface area contributed by atoms with Gasteiger partial charge in [0.25, 0.3) is 0 Å². The molecular formula is C10H16FN. The molecule has 2 atom stereocenters.